The molecule has 3 rings (SSSR count). The van der Waals surface area contributed by atoms with Crippen LogP contribution in [0.3, 0.4) is 0 Å². The number of rotatable bonds is 2. The highest BCUT2D eigenvalue weighted by atomic mass is 79.9. The zero-order valence-corrected chi connectivity index (χ0v) is 14.8. The van der Waals surface area contributed by atoms with Gasteiger partial charge in [0.05, 0.1) is 5.69 Å². The third kappa shape index (κ3) is 2.72. The number of benzene rings is 2. The Bertz CT molecular complexity index is 801. The molecular formula is C16H14Br2N2O. The average Bonchev–Trinajstić information content (AvgIpc) is 2.86. The number of hydrogen-bond donors (Lipinski definition) is 1. The summed E-state index contributed by atoms with van der Waals surface area (Å²) in [4.78, 5) is 4.59. The lowest BCUT2D eigenvalue weighted by molar-refractivity contribution is 0.619. The SMILES string of the molecule is CC(C)c1ccc2oc(-c3cc(Br)c(N)c(Br)c3)nc2c1. The number of anilines is 1. The van der Waals surface area contributed by atoms with Crippen LogP contribution in [0.2, 0.25) is 0 Å². The van der Waals surface area contributed by atoms with Crippen LogP contribution in [0.25, 0.3) is 22.6 Å². The van der Waals surface area contributed by atoms with E-state index < -0.39 is 0 Å². The van der Waals surface area contributed by atoms with Crippen LogP contribution < -0.4 is 5.73 Å². The normalized spacial score (nSPS) is 11.5. The first-order valence-corrected chi connectivity index (χ1v) is 8.19. The van der Waals surface area contributed by atoms with E-state index in [0.29, 0.717) is 17.5 Å². The van der Waals surface area contributed by atoms with E-state index in [1.165, 1.54) is 5.56 Å². The number of nitrogens with two attached hydrogens (primary N) is 1. The Morgan fingerprint density at radius 3 is 2.38 bits per heavy atom. The van der Waals surface area contributed by atoms with Crippen LogP contribution in [0.15, 0.2) is 43.7 Å². The summed E-state index contributed by atoms with van der Waals surface area (Å²) in [5.41, 5.74) is 10.4. The van der Waals surface area contributed by atoms with E-state index in [4.69, 9.17) is 10.2 Å². The third-order valence-electron chi connectivity index (χ3n) is 3.40. The fourth-order valence-electron chi connectivity index (χ4n) is 2.13. The third-order valence-corrected chi connectivity index (χ3v) is 4.72. The maximum absolute atomic E-state index is 5.91. The van der Waals surface area contributed by atoms with E-state index in [1.807, 2.05) is 18.2 Å². The molecule has 3 nitrogen and oxygen atoms in total. The Morgan fingerprint density at radius 2 is 1.76 bits per heavy atom. The van der Waals surface area contributed by atoms with Gasteiger partial charge in [0, 0.05) is 14.5 Å². The lowest BCUT2D eigenvalue weighted by atomic mass is 10.0. The number of aromatic nitrogens is 1. The maximum atomic E-state index is 5.91. The van der Waals surface area contributed by atoms with Crippen LogP contribution >= 0.6 is 31.9 Å². The van der Waals surface area contributed by atoms with Gasteiger partial charge < -0.3 is 10.2 Å². The molecule has 2 aromatic carbocycles. The van der Waals surface area contributed by atoms with Crippen molar-refractivity contribution in [3.8, 4) is 11.5 Å². The molecule has 1 heterocycles. The Labute approximate surface area is 139 Å². The van der Waals surface area contributed by atoms with Crippen molar-refractivity contribution in [2.24, 2.45) is 0 Å². The van der Waals surface area contributed by atoms with Gasteiger partial charge in [-0.15, -0.1) is 0 Å². The second-order valence-electron chi connectivity index (χ2n) is 5.25. The van der Waals surface area contributed by atoms with Crippen molar-refractivity contribution >= 4 is 48.6 Å². The van der Waals surface area contributed by atoms with Crippen LogP contribution in [-0.2, 0) is 0 Å². The second-order valence-corrected chi connectivity index (χ2v) is 6.96. The second kappa shape index (κ2) is 5.46. The molecule has 0 fully saturated rings. The quantitative estimate of drug-likeness (QED) is 0.550. The first kappa shape index (κ1) is 14.6. The molecule has 0 bridgehead atoms. The highest BCUT2D eigenvalue weighted by molar-refractivity contribution is 9.11. The Morgan fingerprint density at radius 1 is 1.10 bits per heavy atom. The molecule has 5 heteroatoms. The minimum absolute atomic E-state index is 0.467. The maximum Gasteiger partial charge on any atom is 0.227 e. The smallest absolute Gasteiger partial charge is 0.227 e. The van der Waals surface area contributed by atoms with Gasteiger partial charge in [0.15, 0.2) is 5.58 Å². The largest absolute Gasteiger partial charge is 0.436 e. The zero-order valence-electron chi connectivity index (χ0n) is 11.7. The Kier molecular flexibility index (Phi) is 3.80. The van der Waals surface area contributed by atoms with Gasteiger partial charge in [-0.05, 0) is 67.6 Å². The molecule has 3 aromatic rings. The molecule has 108 valence electrons. The van der Waals surface area contributed by atoms with Gasteiger partial charge in [-0.3, -0.25) is 0 Å². The number of hydrogen-bond acceptors (Lipinski definition) is 3. The van der Waals surface area contributed by atoms with Gasteiger partial charge in [-0.2, -0.15) is 0 Å². The molecule has 0 atom stereocenters. The molecule has 21 heavy (non-hydrogen) atoms. The monoisotopic (exact) mass is 408 g/mol. The number of halogens is 2. The van der Waals surface area contributed by atoms with Crippen LogP contribution in [0.1, 0.15) is 25.3 Å². The van der Waals surface area contributed by atoms with Crippen LogP contribution in [-0.4, -0.2) is 4.98 Å². The van der Waals surface area contributed by atoms with Crippen molar-refractivity contribution < 1.29 is 4.42 Å². The molecule has 0 saturated heterocycles. The first-order valence-electron chi connectivity index (χ1n) is 6.61. The van der Waals surface area contributed by atoms with Crippen molar-refractivity contribution in [1.29, 1.82) is 0 Å². The van der Waals surface area contributed by atoms with Crippen molar-refractivity contribution in [2.45, 2.75) is 19.8 Å². The van der Waals surface area contributed by atoms with Gasteiger partial charge in [0.25, 0.3) is 0 Å². The lowest BCUT2D eigenvalue weighted by Crippen LogP contribution is -1.89. The number of oxazole rings is 1. The summed E-state index contributed by atoms with van der Waals surface area (Å²) < 4.78 is 7.48. The van der Waals surface area contributed by atoms with Crippen LogP contribution in [0.4, 0.5) is 5.69 Å². The summed E-state index contributed by atoms with van der Waals surface area (Å²) in [6, 6.07) is 9.95. The molecule has 0 saturated carbocycles. The predicted octanol–water partition coefficient (Wildman–Crippen LogP) is 5.73. The van der Waals surface area contributed by atoms with E-state index in [-0.39, 0.29) is 0 Å². The Balaban J connectivity index is 2.13. The summed E-state index contributed by atoms with van der Waals surface area (Å²) in [7, 11) is 0. The van der Waals surface area contributed by atoms with E-state index in [9.17, 15) is 0 Å². The predicted molar refractivity (Wildman–Crippen MR) is 93.3 cm³/mol. The van der Waals surface area contributed by atoms with E-state index in [0.717, 1.165) is 25.6 Å². The molecular weight excluding hydrogens is 396 g/mol. The van der Waals surface area contributed by atoms with Gasteiger partial charge in [-0.25, -0.2) is 4.98 Å². The minimum Gasteiger partial charge on any atom is -0.436 e. The topological polar surface area (TPSA) is 52.0 Å². The summed E-state index contributed by atoms with van der Waals surface area (Å²) in [5, 5.41) is 0. The molecule has 0 amide bonds. The van der Waals surface area contributed by atoms with Crippen LogP contribution in [0, 0.1) is 0 Å². The molecule has 0 radical (unpaired) electrons. The fourth-order valence-corrected chi connectivity index (χ4v) is 3.32. The van der Waals surface area contributed by atoms with E-state index in [2.05, 4.69) is 62.8 Å². The molecule has 0 aliphatic heterocycles. The first-order chi connectivity index (χ1) is 9.95. The summed E-state index contributed by atoms with van der Waals surface area (Å²) in [5.74, 6) is 1.06. The molecule has 0 aliphatic carbocycles. The van der Waals surface area contributed by atoms with Crippen molar-refractivity contribution in [3.63, 3.8) is 0 Å². The average molecular weight is 410 g/mol. The van der Waals surface area contributed by atoms with Crippen molar-refractivity contribution in [2.75, 3.05) is 5.73 Å². The van der Waals surface area contributed by atoms with E-state index >= 15 is 0 Å². The molecule has 1 aromatic heterocycles. The number of fused-ring (bicyclic) bond motifs is 1. The number of nitrogen functional groups attached to an aromatic ring is 1. The molecule has 0 aliphatic rings. The van der Waals surface area contributed by atoms with Gasteiger partial charge in [0.2, 0.25) is 5.89 Å². The fraction of sp³-hybridized carbons (Fsp3) is 0.188. The molecule has 0 spiro atoms. The summed E-state index contributed by atoms with van der Waals surface area (Å²) >= 11 is 6.89. The van der Waals surface area contributed by atoms with Crippen molar-refractivity contribution in [1.82, 2.24) is 4.98 Å². The van der Waals surface area contributed by atoms with Gasteiger partial charge in [0.1, 0.15) is 5.52 Å². The molecule has 2 N–H and O–H groups in total. The van der Waals surface area contributed by atoms with Crippen LogP contribution in [0.5, 0.6) is 0 Å². The highest BCUT2D eigenvalue weighted by Crippen LogP contribution is 2.35. The Hall–Kier alpha value is -1.33. The van der Waals surface area contributed by atoms with Crippen molar-refractivity contribution in [3.05, 3.63) is 44.8 Å². The summed E-state index contributed by atoms with van der Waals surface area (Å²) in [6.07, 6.45) is 0. The zero-order chi connectivity index (χ0) is 15.1. The van der Waals surface area contributed by atoms with Gasteiger partial charge in [-0.1, -0.05) is 19.9 Å². The van der Waals surface area contributed by atoms with Gasteiger partial charge >= 0.3 is 0 Å². The highest BCUT2D eigenvalue weighted by Gasteiger charge is 2.12. The van der Waals surface area contributed by atoms with E-state index in [1.54, 1.807) is 0 Å². The molecule has 0 unspecified atom stereocenters. The number of nitrogens with zero attached hydrogens (tertiary/aromatic N) is 1. The minimum atomic E-state index is 0.467. The standard InChI is InChI=1S/C16H14Br2N2O/c1-8(2)9-3-4-14-13(7-9)20-16(21-14)10-5-11(17)15(19)12(18)6-10/h3-8H,19H2,1-2H3. The summed E-state index contributed by atoms with van der Waals surface area (Å²) in [6.45, 7) is 4.33. The lowest BCUT2D eigenvalue weighted by Gasteiger charge is -2.03.